The van der Waals surface area contributed by atoms with E-state index in [0.717, 1.165) is 23.1 Å². The Hall–Kier alpha value is -2.62. The second kappa shape index (κ2) is 9.89. The van der Waals surface area contributed by atoms with Gasteiger partial charge in [0.15, 0.2) is 5.16 Å². The number of hydrogen-bond donors (Lipinski definition) is 1. The Labute approximate surface area is 197 Å². The number of aromatic nitrogens is 3. The molecule has 0 unspecified atom stereocenters. The monoisotopic (exact) mass is 488 g/mol. The summed E-state index contributed by atoms with van der Waals surface area (Å²) in [6, 6.07) is 8.80. The van der Waals surface area contributed by atoms with Gasteiger partial charge in [-0.1, -0.05) is 36.7 Å². The minimum atomic E-state index is -0.218. The van der Waals surface area contributed by atoms with Gasteiger partial charge in [-0.05, 0) is 36.8 Å². The van der Waals surface area contributed by atoms with E-state index in [1.807, 2.05) is 12.1 Å². The van der Waals surface area contributed by atoms with E-state index in [-0.39, 0.29) is 17.2 Å². The summed E-state index contributed by atoms with van der Waals surface area (Å²) < 4.78 is 7.40. The number of hydrogen-bond acceptors (Lipinski definition) is 7. The maximum absolute atomic E-state index is 13.2. The molecule has 4 aromatic rings. The Morgan fingerprint density at radius 2 is 2.19 bits per heavy atom. The number of nitrogens with one attached hydrogen (secondary N) is 1. The molecule has 4 rings (SSSR count). The lowest BCUT2D eigenvalue weighted by Crippen LogP contribution is -2.23. The number of rotatable bonds is 8. The third-order valence-corrected chi connectivity index (χ3v) is 7.18. The van der Waals surface area contributed by atoms with Gasteiger partial charge in [0.1, 0.15) is 15.3 Å². The maximum atomic E-state index is 13.2. The van der Waals surface area contributed by atoms with Crippen LogP contribution in [0.1, 0.15) is 19.8 Å². The van der Waals surface area contributed by atoms with Crippen molar-refractivity contribution in [1.82, 2.24) is 14.5 Å². The van der Waals surface area contributed by atoms with Crippen LogP contribution in [0.25, 0.3) is 20.4 Å². The first-order chi connectivity index (χ1) is 15.5. The summed E-state index contributed by atoms with van der Waals surface area (Å²) in [7, 11) is 1.53. The largest absolute Gasteiger partial charge is 0.495 e. The molecule has 10 heteroatoms. The summed E-state index contributed by atoms with van der Waals surface area (Å²) >= 11 is 8.73. The summed E-state index contributed by atoms with van der Waals surface area (Å²) in [6.07, 6.45) is 3.50. The normalized spacial score (nSPS) is 11.2. The van der Waals surface area contributed by atoms with Crippen LogP contribution in [0.5, 0.6) is 5.75 Å². The van der Waals surface area contributed by atoms with E-state index in [1.54, 1.807) is 29.0 Å². The van der Waals surface area contributed by atoms with E-state index in [1.165, 1.54) is 30.2 Å². The summed E-state index contributed by atoms with van der Waals surface area (Å²) in [5.41, 5.74) is 1.13. The average Bonchev–Trinajstić information content (AvgIpc) is 3.16. The van der Waals surface area contributed by atoms with Gasteiger partial charge in [0, 0.05) is 23.8 Å². The van der Waals surface area contributed by atoms with Crippen LogP contribution in [0.15, 0.2) is 46.5 Å². The summed E-state index contributed by atoms with van der Waals surface area (Å²) in [6.45, 7) is 2.62. The van der Waals surface area contributed by atoms with Crippen LogP contribution in [0.4, 0.5) is 5.69 Å². The molecule has 0 saturated carbocycles. The van der Waals surface area contributed by atoms with E-state index >= 15 is 0 Å². The van der Waals surface area contributed by atoms with Gasteiger partial charge in [-0.3, -0.25) is 14.2 Å². The van der Waals surface area contributed by atoms with E-state index in [2.05, 4.69) is 17.2 Å². The van der Waals surface area contributed by atoms with Crippen molar-refractivity contribution in [3.05, 3.63) is 51.9 Å². The number of thiophene rings is 1. The maximum Gasteiger partial charge on any atom is 0.272 e. The average molecular weight is 489 g/mol. The molecule has 3 heterocycles. The minimum absolute atomic E-state index is 0.0868. The van der Waals surface area contributed by atoms with Gasteiger partial charge in [0.2, 0.25) is 5.91 Å². The molecule has 0 radical (unpaired) electrons. The highest BCUT2D eigenvalue weighted by atomic mass is 35.5. The highest BCUT2D eigenvalue weighted by Crippen LogP contribution is 2.31. The fourth-order valence-electron chi connectivity index (χ4n) is 3.24. The number of anilines is 1. The molecule has 1 aromatic carbocycles. The second-order valence-electron chi connectivity index (χ2n) is 7.03. The molecule has 0 saturated heterocycles. The smallest absolute Gasteiger partial charge is 0.272 e. The molecule has 0 bridgehead atoms. The number of pyridine rings is 1. The SMILES string of the molecule is CCCCn1c(SCC(=O)Nc2ccc(OC)c(Cl)c2)nc2c(sc3ncccc32)c1=O. The predicted octanol–water partition coefficient (Wildman–Crippen LogP) is 5.20. The number of amides is 1. The van der Waals surface area contributed by atoms with Gasteiger partial charge in [0.25, 0.3) is 5.56 Å². The Kier molecular flexibility index (Phi) is 6.98. The summed E-state index contributed by atoms with van der Waals surface area (Å²) in [5, 5.41) is 4.62. The third kappa shape index (κ3) is 4.60. The first-order valence-electron chi connectivity index (χ1n) is 10.1. The molecule has 166 valence electrons. The topological polar surface area (TPSA) is 86.1 Å². The summed E-state index contributed by atoms with van der Waals surface area (Å²) in [5.74, 6) is 0.423. The van der Waals surface area contributed by atoms with Crippen molar-refractivity contribution in [2.45, 2.75) is 31.5 Å². The Bertz CT molecular complexity index is 1350. The zero-order valence-corrected chi connectivity index (χ0v) is 19.9. The molecule has 0 aliphatic heterocycles. The van der Waals surface area contributed by atoms with Crippen molar-refractivity contribution in [3.8, 4) is 5.75 Å². The highest BCUT2D eigenvalue weighted by molar-refractivity contribution is 7.99. The third-order valence-electron chi connectivity index (χ3n) is 4.82. The van der Waals surface area contributed by atoms with Crippen LogP contribution in [-0.2, 0) is 11.3 Å². The van der Waals surface area contributed by atoms with Gasteiger partial charge in [0.05, 0.1) is 23.4 Å². The minimum Gasteiger partial charge on any atom is -0.495 e. The van der Waals surface area contributed by atoms with Crippen molar-refractivity contribution in [3.63, 3.8) is 0 Å². The van der Waals surface area contributed by atoms with Crippen molar-refractivity contribution in [1.29, 1.82) is 0 Å². The zero-order valence-electron chi connectivity index (χ0n) is 17.6. The Balaban J connectivity index is 1.60. The number of thioether (sulfide) groups is 1. The van der Waals surface area contributed by atoms with Gasteiger partial charge in [-0.25, -0.2) is 9.97 Å². The molecule has 0 aliphatic carbocycles. The van der Waals surface area contributed by atoms with Crippen LogP contribution in [0.3, 0.4) is 0 Å². The quantitative estimate of drug-likeness (QED) is 0.271. The molecule has 0 fully saturated rings. The molecule has 1 amide bonds. The van der Waals surface area contributed by atoms with Crippen LogP contribution in [-0.4, -0.2) is 33.3 Å². The van der Waals surface area contributed by atoms with E-state index in [0.29, 0.717) is 38.4 Å². The highest BCUT2D eigenvalue weighted by Gasteiger charge is 2.17. The standard InChI is InChI=1S/C22H21ClN4O3S2/c1-3-4-10-27-21(29)19-18(14-6-5-9-24-20(14)32-19)26-22(27)31-12-17(28)25-13-7-8-16(30-2)15(23)11-13/h5-9,11H,3-4,10,12H2,1-2H3,(H,25,28). The number of fused-ring (bicyclic) bond motifs is 3. The van der Waals surface area contributed by atoms with Gasteiger partial charge in [-0.2, -0.15) is 0 Å². The first-order valence-corrected chi connectivity index (χ1v) is 12.2. The summed E-state index contributed by atoms with van der Waals surface area (Å²) in [4.78, 5) is 35.7. The van der Waals surface area contributed by atoms with E-state index < -0.39 is 0 Å². The molecular weight excluding hydrogens is 468 g/mol. The molecule has 0 spiro atoms. The van der Waals surface area contributed by atoms with Crippen molar-refractivity contribution < 1.29 is 9.53 Å². The Morgan fingerprint density at radius 3 is 2.94 bits per heavy atom. The van der Waals surface area contributed by atoms with Crippen LogP contribution >= 0.6 is 34.7 Å². The number of unbranched alkanes of at least 4 members (excludes halogenated alkanes) is 1. The van der Waals surface area contributed by atoms with Crippen LogP contribution < -0.4 is 15.6 Å². The Morgan fingerprint density at radius 1 is 1.34 bits per heavy atom. The number of benzene rings is 1. The molecule has 7 nitrogen and oxygen atoms in total. The van der Waals surface area contributed by atoms with E-state index in [4.69, 9.17) is 21.3 Å². The molecule has 32 heavy (non-hydrogen) atoms. The molecule has 1 N–H and O–H groups in total. The number of carbonyl (C=O) groups excluding carboxylic acids is 1. The molecular formula is C22H21ClN4O3S2. The van der Waals surface area contributed by atoms with Crippen LogP contribution in [0.2, 0.25) is 5.02 Å². The lowest BCUT2D eigenvalue weighted by molar-refractivity contribution is -0.113. The predicted molar refractivity (Wildman–Crippen MR) is 131 cm³/mol. The van der Waals surface area contributed by atoms with E-state index in [9.17, 15) is 9.59 Å². The fraction of sp³-hybridized carbons (Fsp3) is 0.273. The number of carbonyl (C=O) groups is 1. The first kappa shape index (κ1) is 22.6. The van der Waals surface area contributed by atoms with Crippen molar-refractivity contribution >= 4 is 66.7 Å². The van der Waals surface area contributed by atoms with Gasteiger partial charge in [-0.15, -0.1) is 11.3 Å². The molecule has 3 aromatic heterocycles. The van der Waals surface area contributed by atoms with Gasteiger partial charge < -0.3 is 10.1 Å². The fourth-order valence-corrected chi connectivity index (χ4v) is 5.34. The lowest BCUT2D eigenvalue weighted by Gasteiger charge is -2.12. The number of nitrogens with zero attached hydrogens (tertiary/aromatic N) is 3. The van der Waals surface area contributed by atoms with Gasteiger partial charge >= 0.3 is 0 Å². The second-order valence-corrected chi connectivity index (χ2v) is 9.38. The zero-order chi connectivity index (χ0) is 22.7. The number of ether oxygens (including phenoxy) is 1. The lowest BCUT2D eigenvalue weighted by atomic mass is 10.3. The molecule has 0 aliphatic rings. The van der Waals surface area contributed by atoms with Crippen LogP contribution in [0, 0.1) is 0 Å². The number of methoxy groups -OCH3 is 1. The van der Waals surface area contributed by atoms with Crippen molar-refractivity contribution in [2.75, 3.05) is 18.2 Å². The number of halogens is 1. The molecule has 0 atom stereocenters. The van der Waals surface area contributed by atoms with Crippen molar-refractivity contribution in [2.24, 2.45) is 0 Å².